The highest BCUT2D eigenvalue weighted by molar-refractivity contribution is 6.31. The highest BCUT2D eigenvalue weighted by Crippen LogP contribution is 2.33. The number of nitro groups is 1. The predicted molar refractivity (Wildman–Crippen MR) is 116 cm³/mol. The molecule has 3 rings (SSSR count). The number of hydrogen-bond acceptors (Lipinski definition) is 6. The van der Waals surface area contributed by atoms with Crippen LogP contribution in [0.25, 0.3) is 0 Å². The SMILES string of the molecule is COc1cc(CCNCc2ccc(N3CCN(C)CC3)cc2)c(Cl)cc1[N+](=O)[O-]. The first kappa shape index (κ1) is 21.4. The summed E-state index contributed by atoms with van der Waals surface area (Å²) in [7, 11) is 3.58. The Hall–Kier alpha value is -2.35. The van der Waals surface area contributed by atoms with Crippen LogP contribution in [-0.2, 0) is 13.0 Å². The van der Waals surface area contributed by atoms with E-state index < -0.39 is 4.92 Å². The first-order chi connectivity index (χ1) is 14.0. The molecule has 0 bridgehead atoms. The molecule has 0 atom stereocenters. The molecule has 0 unspecified atom stereocenters. The number of ether oxygens (including phenoxy) is 1. The van der Waals surface area contributed by atoms with Gasteiger partial charge in [0.15, 0.2) is 5.75 Å². The van der Waals surface area contributed by atoms with E-state index in [0.717, 1.165) is 38.3 Å². The van der Waals surface area contributed by atoms with Crippen molar-refractivity contribution in [2.45, 2.75) is 13.0 Å². The van der Waals surface area contributed by atoms with Gasteiger partial charge in [0.1, 0.15) is 0 Å². The molecule has 1 aliphatic rings. The van der Waals surface area contributed by atoms with Gasteiger partial charge >= 0.3 is 5.69 Å². The smallest absolute Gasteiger partial charge is 0.312 e. The van der Waals surface area contributed by atoms with Crippen LogP contribution in [0.3, 0.4) is 0 Å². The molecule has 0 spiro atoms. The second-order valence-corrected chi connectivity index (χ2v) is 7.66. The number of hydrogen-bond donors (Lipinski definition) is 1. The number of methoxy groups -OCH3 is 1. The van der Waals surface area contributed by atoms with Crippen LogP contribution < -0.4 is 15.0 Å². The lowest BCUT2D eigenvalue weighted by atomic mass is 10.1. The topological polar surface area (TPSA) is 70.9 Å². The maximum absolute atomic E-state index is 11.1. The average molecular weight is 419 g/mol. The van der Waals surface area contributed by atoms with Gasteiger partial charge in [0.2, 0.25) is 0 Å². The molecule has 2 aromatic carbocycles. The molecule has 2 aromatic rings. The molecule has 7 nitrogen and oxygen atoms in total. The van der Waals surface area contributed by atoms with E-state index >= 15 is 0 Å². The molecule has 0 aromatic heterocycles. The maximum Gasteiger partial charge on any atom is 0.312 e. The number of nitro benzene ring substituents is 1. The fourth-order valence-corrected chi connectivity index (χ4v) is 3.68. The zero-order chi connectivity index (χ0) is 20.8. The summed E-state index contributed by atoms with van der Waals surface area (Å²) in [5, 5.41) is 14.8. The lowest BCUT2D eigenvalue weighted by Crippen LogP contribution is -2.44. The average Bonchev–Trinajstić information content (AvgIpc) is 2.73. The molecular formula is C21H27ClN4O3. The molecular weight excluding hydrogens is 392 g/mol. The Labute approximate surface area is 176 Å². The van der Waals surface area contributed by atoms with E-state index in [4.69, 9.17) is 16.3 Å². The minimum atomic E-state index is -0.488. The number of anilines is 1. The molecule has 0 aliphatic carbocycles. The third kappa shape index (κ3) is 5.59. The van der Waals surface area contributed by atoms with Crippen molar-refractivity contribution in [1.82, 2.24) is 10.2 Å². The molecule has 156 valence electrons. The molecule has 1 fully saturated rings. The highest BCUT2D eigenvalue weighted by atomic mass is 35.5. The highest BCUT2D eigenvalue weighted by Gasteiger charge is 2.18. The van der Waals surface area contributed by atoms with Crippen LogP contribution in [0.15, 0.2) is 36.4 Å². The summed E-state index contributed by atoms with van der Waals surface area (Å²) in [5.74, 6) is 0.230. The van der Waals surface area contributed by atoms with Crippen molar-refractivity contribution in [3.63, 3.8) is 0 Å². The molecule has 29 heavy (non-hydrogen) atoms. The Balaban J connectivity index is 1.50. The van der Waals surface area contributed by atoms with Crippen molar-refractivity contribution < 1.29 is 9.66 Å². The van der Waals surface area contributed by atoms with Gasteiger partial charge in [0.05, 0.1) is 17.1 Å². The predicted octanol–water partition coefficient (Wildman–Crippen LogP) is 3.34. The molecule has 1 saturated heterocycles. The van der Waals surface area contributed by atoms with Gasteiger partial charge in [-0.05, 0) is 49.3 Å². The van der Waals surface area contributed by atoms with Crippen LogP contribution in [0.5, 0.6) is 5.75 Å². The summed E-state index contributed by atoms with van der Waals surface area (Å²) in [4.78, 5) is 15.3. The summed E-state index contributed by atoms with van der Waals surface area (Å²) in [6.07, 6.45) is 0.659. The number of benzene rings is 2. The Morgan fingerprint density at radius 3 is 2.48 bits per heavy atom. The van der Waals surface area contributed by atoms with Gasteiger partial charge in [-0.25, -0.2) is 0 Å². The molecule has 8 heteroatoms. The lowest BCUT2D eigenvalue weighted by molar-refractivity contribution is -0.385. The summed E-state index contributed by atoms with van der Waals surface area (Å²) in [5.41, 5.74) is 3.20. The molecule has 1 aliphatic heterocycles. The lowest BCUT2D eigenvalue weighted by Gasteiger charge is -2.34. The zero-order valence-corrected chi connectivity index (χ0v) is 17.6. The van der Waals surface area contributed by atoms with E-state index in [-0.39, 0.29) is 11.4 Å². The van der Waals surface area contributed by atoms with Gasteiger partial charge in [0.25, 0.3) is 0 Å². The van der Waals surface area contributed by atoms with Crippen molar-refractivity contribution in [2.24, 2.45) is 0 Å². The van der Waals surface area contributed by atoms with Gasteiger partial charge in [0, 0.05) is 44.5 Å². The minimum Gasteiger partial charge on any atom is -0.490 e. The van der Waals surface area contributed by atoms with Crippen molar-refractivity contribution in [1.29, 1.82) is 0 Å². The quantitative estimate of drug-likeness (QED) is 0.403. The molecule has 0 radical (unpaired) electrons. The van der Waals surface area contributed by atoms with E-state index in [0.29, 0.717) is 18.0 Å². The van der Waals surface area contributed by atoms with Crippen molar-refractivity contribution >= 4 is 23.0 Å². The summed E-state index contributed by atoms with van der Waals surface area (Å²) in [6, 6.07) is 11.7. The van der Waals surface area contributed by atoms with Crippen molar-refractivity contribution in [3.8, 4) is 5.75 Å². The fourth-order valence-electron chi connectivity index (χ4n) is 3.43. The number of nitrogens with one attached hydrogen (secondary N) is 1. The van der Waals surface area contributed by atoms with Crippen LogP contribution in [0, 0.1) is 10.1 Å². The van der Waals surface area contributed by atoms with Crippen LogP contribution in [0.2, 0.25) is 5.02 Å². The van der Waals surface area contributed by atoms with Crippen LogP contribution in [0.1, 0.15) is 11.1 Å². The van der Waals surface area contributed by atoms with E-state index in [2.05, 4.69) is 46.4 Å². The van der Waals surface area contributed by atoms with Crippen molar-refractivity contribution in [3.05, 3.63) is 62.7 Å². The Kier molecular flexibility index (Phi) is 7.30. The van der Waals surface area contributed by atoms with Crippen LogP contribution >= 0.6 is 11.6 Å². The normalized spacial score (nSPS) is 14.8. The molecule has 0 amide bonds. The number of rotatable bonds is 8. The van der Waals surface area contributed by atoms with E-state index in [1.54, 1.807) is 6.07 Å². The second-order valence-electron chi connectivity index (χ2n) is 7.26. The van der Waals surface area contributed by atoms with E-state index in [1.165, 1.54) is 24.4 Å². The van der Waals surface area contributed by atoms with E-state index in [9.17, 15) is 10.1 Å². The Morgan fingerprint density at radius 2 is 1.86 bits per heavy atom. The molecule has 1 N–H and O–H groups in total. The van der Waals surface area contributed by atoms with Crippen LogP contribution in [0.4, 0.5) is 11.4 Å². The first-order valence-electron chi connectivity index (χ1n) is 9.72. The Bertz CT molecular complexity index is 837. The largest absolute Gasteiger partial charge is 0.490 e. The van der Waals surface area contributed by atoms with Crippen molar-refractivity contribution in [2.75, 3.05) is 51.8 Å². The van der Waals surface area contributed by atoms with E-state index in [1.807, 2.05) is 0 Å². The van der Waals surface area contributed by atoms with Gasteiger partial charge in [-0.2, -0.15) is 0 Å². The molecule has 0 saturated carbocycles. The number of likely N-dealkylation sites (N-methyl/N-ethyl adjacent to an activating group) is 1. The van der Waals surface area contributed by atoms with Gasteiger partial charge in [-0.1, -0.05) is 23.7 Å². The number of nitrogens with zero attached hydrogens (tertiary/aromatic N) is 3. The third-order valence-electron chi connectivity index (χ3n) is 5.25. The Morgan fingerprint density at radius 1 is 1.17 bits per heavy atom. The maximum atomic E-state index is 11.1. The number of halogens is 1. The van der Waals surface area contributed by atoms with Gasteiger partial charge in [-0.15, -0.1) is 0 Å². The van der Waals surface area contributed by atoms with Gasteiger partial charge < -0.3 is 19.9 Å². The minimum absolute atomic E-state index is 0.116. The summed E-state index contributed by atoms with van der Waals surface area (Å²) in [6.45, 7) is 5.78. The first-order valence-corrected chi connectivity index (χ1v) is 10.1. The molecule has 1 heterocycles. The fraction of sp³-hybridized carbons (Fsp3) is 0.429. The summed E-state index contributed by atoms with van der Waals surface area (Å²) >= 11 is 6.20. The standard InChI is InChI=1S/C21H27ClN4O3/c1-24-9-11-25(12-10-24)18-5-3-16(4-6-18)15-23-8-7-17-13-21(29-2)20(26(27)28)14-19(17)22/h3-6,13-14,23H,7-12,15H2,1-2H3. The second kappa shape index (κ2) is 9.91. The number of piperazine rings is 1. The van der Waals surface area contributed by atoms with Crippen LogP contribution in [-0.4, -0.2) is 56.7 Å². The third-order valence-corrected chi connectivity index (χ3v) is 5.60. The summed E-state index contributed by atoms with van der Waals surface area (Å²) < 4.78 is 5.12. The monoisotopic (exact) mass is 418 g/mol. The zero-order valence-electron chi connectivity index (χ0n) is 16.9. The van der Waals surface area contributed by atoms with Gasteiger partial charge in [-0.3, -0.25) is 10.1 Å².